The van der Waals surface area contributed by atoms with E-state index in [0.29, 0.717) is 17.1 Å². The fourth-order valence-electron chi connectivity index (χ4n) is 1.45. The molecule has 1 aromatic rings. The Balaban J connectivity index is 3.13. The molecule has 0 bridgehead atoms. The second-order valence-electron chi connectivity index (χ2n) is 3.50. The van der Waals surface area contributed by atoms with Crippen LogP contribution < -0.4 is 20.9 Å². The van der Waals surface area contributed by atoms with E-state index in [4.69, 9.17) is 26.0 Å². The Bertz CT molecular complexity index is 408. The number of carbonyl (C=O) groups is 1. The highest BCUT2D eigenvalue weighted by atomic mass is 16.5. The summed E-state index contributed by atoms with van der Waals surface area (Å²) < 4.78 is 10.2. The van der Waals surface area contributed by atoms with Crippen molar-refractivity contribution < 1.29 is 19.4 Å². The summed E-state index contributed by atoms with van der Waals surface area (Å²) in [6.45, 7) is 0. The maximum Gasteiger partial charge on any atom is 0.322 e. The van der Waals surface area contributed by atoms with Gasteiger partial charge in [0.1, 0.15) is 17.5 Å². The molecule has 94 valence electrons. The Kier molecular flexibility index (Phi) is 4.30. The Morgan fingerprint density at radius 3 is 2.41 bits per heavy atom. The maximum atomic E-state index is 10.8. The number of aliphatic carboxylic acids is 1. The van der Waals surface area contributed by atoms with Gasteiger partial charge >= 0.3 is 5.97 Å². The van der Waals surface area contributed by atoms with E-state index in [1.54, 1.807) is 18.2 Å². The summed E-state index contributed by atoms with van der Waals surface area (Å²) in [6.07, 6.45) is 0. The van der Waals surface area contributed by atoms with Gasteiger partial charge in [0.25, 0.3) is 0 Å². The van der Waals surface area contributed by atoms with Crippen LogP contribution in [0.4, 0.5) is 0 Å². The van der Waals surface area contributed by atoms with Crippen LogP contribution in [0.1, 0.15) is 11.6 Å². The largest absolute Gasteiger partial charge is 0.497 e. The van der Waals surface area contributed by atoms with Crippen molar-refractivity contribution >= 4 is 5.97 Å². The molecule has 6 nitrogen and oxygen atoms in total. The average Bonchev–Trinajstić information content (AvgIpc) is 2.35. The SMILES string of the molecule is COc1ccc(OC)c(C(N)C(N)C(=O)O)c1. The highest BCUT2D eigenvalue weighted by Crippen LogP contribution is 2.29. The van der Waals surface area contributed by atoms with E-state index in [9.17, 15) is 4.79 Å². The zero-order valence-electron chi connectivity index (χ0n) is 9.71. The molecule has 6 heteroatoms. The second kappa shape index (κ2) is 5.51. The Morgan fingerprint density at radius 2 is 1.94 bits per heavy atom. The van der Waals surface area contributed by atoms with E-state index >= 15 is 0 Å². The smallest absolute Gasteiger partial charge is 0.322 e. The van der Waals surface area contributed by atoms with E-state index in [2.05, 4.69) is 0 Å². The molecule has 0 aromatic heterocycles. The summed E-state index contributed by atoms with van der Waals surface area (Å²) >= 11 is 0. The van der Waals surface area contributed by atoms with Gasteiger partial charge in [-0.25, -0.2) is 0 Å². The van der Waals surface area contributed by atoms with Crippen molar-refractivity contribution in [3.63, 3.8) is 0 Å². The molecule has 0 spiro atoms. The standard InChI is InChI=1S/C11H16N2O4/c1-16-6-3-4-8(17-2)7(5-6)9(12)10(13)11(14)15/h3-5,9-10H,12-13H2,1-2H3,(H,14,15). The topological polar surface area (TPSA) is 108 Å². The van der Waals surface area contributed by atoms with Crippen molar-refractivity contribution in [1.29, 1.82) is 0 Å². The van der Waals surface area contributed by atoms with Gasteiger partial charge in [0.05, 0.1) is 20.3 Å². The van der Waals surface area contributed by atoms with Gasteiger partial charge in [-0.3, -0.25) is 4.79 Å². The summed E-state index contributed by atoms with van der Waals surface area (Å²) in [4.78, 5) is 10.8. The van der Waals surface area contributed by atoms with Crippen molar-refractivity contribution in [3.05, 3.63) is 23.8 Å². The van der Waals surface area contributed by atoms with Gasteiger partial charge in [-0.05, 0) is 18.2 Å². The third-order valence-corrected chi connectivity index (χ3v) is 2.47. The highest BCUT2D eigenvalue weighted by Gasteiger charge is 2.25. The predicted molar refractivity (Wildman–Crippen MR) is 62.1 cm³/mol. The minimum absolute atomic E-state index is 0.481. The van der Waals surface area contributed by atoms with Gasteiger partial charge in [0.2, 0.25) is 0 Å². The molecule has 2 atom stereocenters. The van der Waals surface area contributed by atoms with Gasteiger partial charge < -0.3 is 26.0 Å². The minimum atomic E-state index is -1.20. The van der Waals surface area contributed by atoms with Crippen LogP contribution in [0.15, 0.2) is 18.2 Å². The van der Waals surface area contributed by atoms with Crippen LogP contribution in [0, 0.1) is 0 Å². The molecule has 5 N–H and O–H groups in total. The van der Waals surface area contributed by atoms with Crippen molar-refractivity contribution in [1.82, 2.24) is 0 Å². The molecular weight excluding hydrogens is 224 g/mol. The summed E-state index contributed by atoms with van der Waals surface area (Å²) in [5.41, 5.74) is 11.8. The van der Waals surface area contributed by atoms with E-state index in [0.717, 1.165) is 0 Å². The van der Waals surface area contributed by atoms with E-state index in [-0.39, 0.29) is 0 Å². The lowest BCUT2D eigenvalue weighted by Crippen LogP contribution is -2.40. The predicted octanol–water partition coefficient (Wildman–Crippen LogP) is 0.116. The lowest BCUT2D eigenvalue weighted by molar-refractivity contribution is -0.139. The fraction of sp³-hybridized carbons (Fsp3) is 0.364. The van der Waals surface area contributed by atoms with Crippen molar-refractivity contribution in [2.45, 2.75) is 12.1 Å². The number of carboxylic acids is 1. The molecule has 1 rings (SSSR count). The van der Waals surface area contributed by atoms with Crippen molar-refractivity contribution in [3.8, 4) is 11.5 Å². The number of hydrogen-bond acceptors (Lipinski definition) is 5. The molecule has 0 aliphatic rings. The number of carboxylic acid groups (broad SMARTS) is 1. The first kappa shape index (κ1) is 13.3. The Hall–Kier alpha value is -1.79. The first-order valence-electron chi connectivity index (χ1n) is 4.97. The Labute approximate surface area is 99.1 Å². The Morgan fingerprint density at radius 1 is 1.29 bits per heavy atom. The van der Waals surface area contributed by atoms with Gasteiger partial charge in [0.15, 0.2) is 0 Å². The summed E-state index contributed by atoms with van der Waals surface area (Å²) in [5, 5.41) is 8.83. The monoisotopic (exact) mass is 240 g/mol. The molecule has 0 fully saturated rings. The molecule has 0 amide bonds. The summed E-state index contributed by atoms with van der Waals surface area (Å²) in [6, 6.07) is 2.91. The number of benzene rings is 1. The summed E-state index contributed by atoms with van der Waals surface area (Å²) in [5.74, 6) is -0.119. The number of rotatable bonds is 5. The van der Waals surface area contributed by atoms with Crippen LogP contribution in [-0.4, -0.2) is 31.3 Å². The molecule has 17 heavy (non-hydrogen) atoms. The van der Waals surface area contributed by atoms with Crippen LogP contribution in [0.25, 0.3) is 0 Å². The van der Waals surface area contributed by atoms with Gasteiger partial charge in [0, 0.05) is 5.56 Å². The normalized spacial score (nSPS) is 13.9. The van der Waals surface area contributed by atoms with Gasteiger partial charge in [-0.15, -0.1) is 0 Å². The lowest BCUT2D eigenvalue weighted by Gasteiger charge is -2.19. The maximum absolute atomic E-state index is 10.8. The van der Waals surface area contributed by atoms with Crippen LogP contribution in [0.5, 0.6) is 11.5 Å². The zero-order chi connectivity index (χ0) is 13.0. The van der Waals surface area contributed by atoms with Gasteiger partial charge in [-0.1, -0.05) is 0 Å². The number of nitrogens with two attached hydrogens (primary N) is 2. The molecule has 0 aliphatic carbocycles. The van der Waals surface area contributed by atoms with Gasteiger partial charge in [-0.2, -0.15) is 0 Å². The number of ether oxygens (including phenoxy) is 2. The van der Waals surface area contributed by atoms with Crippen LogP contribution >= 0.6 is 0 Å². The molecular formula is C11H16N2O4. The molecule has 0 radical (unpaired) electrons. The van der Waals surface area contributed by atoms with E-state index in [1.807, 2.05) is 0 Å². The third kappa shape index (κ3) is 2.86. The minimum Gasteiger partial charge on any atom is -0.497 e. The first-order chi connectivity index (χ1) is 8.01. The van der Waals surface area contributed by atoms with Crippen molar-refractivity contribution in [2.75, 3.05) is 14.2 Å². The number of hydrogen-bond donors (Lipinski definition) is 3. The molecule has 1 aromatic carbocycles. The summed E-state index contributed by atoms with van der Waals surface area (Å²) in [7, 11) is 2.98. The number of methoxy groups -OCH3 is 2. The fourth-order valence-corrected chi connectivity index (χ4v) is 1.45. The third-order valence-electron chi connectivity index (χ3n) is 2.47. The first-order valence-corrected chi connectivity index (χ1v) is 4.97. The van der Waals surface area contributed by atoms with Crippen LogP contribution in [-0.2, 0) is 4.79 Å². The molecule has 0 aliphatic heterocycles. The molecule has 0 saturated heterocycles. The molecule has 0 saturated carbocycles. The van der Waals surface area contributed by atoms with Crippen LogP contribution in [0.3, 0.4) is 0 Å². The van der Waals surface area contributed by atoms with E-state index in [1.165, 1.54) is 14.2 Å². The van der Waals surface area contributed by atoms with Crippen LogP contribution in [0.2, 0.25) is 0 Å². The zero-order valence-corrected chi connectivity index (χ0v) is 9.71. The highest BCUT2D eigenvalue weighted by molar-refractivity contribution is 5.74. The quantitative estimate of drug-likeness (QED) is 0.674. The molecule has 0 heterocycles. The average molecular weight is 240 g/mol. The van der Waals surface area contributed by atoms with E-state index < -0.39 is 18.1 Å². The second-order valence-corrected chi connectivity index (χ2v) is 3.50. The van der Waals surface area contributed by atoms with Crippen molar-refractivity contribution in [2.24, 2.45) is 11.5 Å². The molecule has 2 unspecified atom stereocenters. The lowest BCUT2D eigenvalue weighted by atomic mass is 9.99.